The Morgan fingerprint density at radius 3 is 2.60 bits per heavy atom. The zero-order valence-electron chi connectivity index (χ0n) is 6.84. The molecular formula is C8H17NO. The molecule has 0 unspecified atom stereocenters. The maximum Gasteiger partial charge on any atom is 0.0510 e. The highest BCUT2D eigenvalue weighted by atomic mass is 16.5. The lowest BCUT2D eigenvalue weighted by Crippen LogP contribution is -2.35. The van der Waals surface area contributed by atoms with Crippen LogP contribution < -0.4 is 5.73 Å². The summed E-state index contributed by atoms with van der Waals surface area (Å²) in [6.45, 7) is 6.12. The van der Waals surface area contributed by atoms with E-state index in [0.717, 1.165) is 19.6 Å². The van der Waals surface area contributed by atoms with E-state index in [2.05, 4.69) is 13.8 Å². The van der Waals surface area contributed by atoms with Crippen LogP contribution in [0.4, 0.5) is 0 Å². The van der Waals surface area contributed by atoms with E-state index in [1.165, 1.54) is 0 Å². The number of hydrogen-bond donors (Lipinski definition) is 1. The van der Waals surface area contributed by atoms with Gasteiger partial charge in [0.2, 0.25) is 0 Å². The predicted octanol–water partition coefficient (Wildman–Crippen LogP) is 1.01. The van der Waals surface area contributed by atoms with E-state index in [1.807, 2.05) is 0 Å². The molecule has 0 aliphatic carbocycles. The quantitative estimate of drug-likeness (QED) is 0.626. The molecule has 1 aliphatic heterocycles. The van der Waals surface area contributed by atoms with Gasteiger partial charge >= 0.3 is 0 Å². The van der Waals surface area contributed by atoms with Gasteiger partial charge in [-0.25, -0.2) is 0 Å². The molecule has 0 radical (unpaired) electrons. The Balaban J connectivity index is 2.32. The molecule has 1 fully saturated rings. The molecule has 0 spiro atoms. The number of nitrogens with two attached hydrogens (primary N) is 1. The predicted molar refractivity (Wildman–Crippen MR) is 41.7 cm³/mol. The molecule has 2 heteroatoms. The van der Waals surface area contributed by atoms with Gasteiger partial charge in [-0.15, -0.1) is 0 Å². The largest absolute Gasteiger partial charge is 0.381 e. The van der Waals surface area contributed by atoms with E-state index in [9.17, 15) is 0 Å². The molecule has 2 atom stereocenters. The van der Waals surface area contributed by atoms with E-state index in [4.69, 9.17) is 10.5 Å². The van der Waals surface area contributed by atoms with E-state index < -0.39 is 0 Å². The summed E-state index contributed by atoms with van der Waals surface area (Å²) < 4.78 is 5.25. The summed E-state index contributed by atoms with van der Waals surface area (Å²) in [5.74, 6) is 1.20. The van der Waals surface area contributed by atoms with Gasteiger partial charge in [0.1, 0.15) is 0 Å². The van der Waals surface area contributed by atoms with Crippen molar-refractivity contribution in [1.29, 1.82) is 0 Å². The van der Waals surface area contributed by atoms with E-state index in [-0.39, 0.29) is 0 Å². The van der Waals surface area contributed by atoms with Crippen LogP contribution in [0.2, 0.25) is 0 Å². The minimum absolute atomic E-state index is 0.336. The summed E-state index contributed by atoms with van der Waals surface area (Å²) in [4.78, 5) is 0. The van der Waals surface area contributed by atoms with Crippen LogP contribution in [0.25, 0.3) is 0 Å². The smallest absolute Gasteiger partial charge is 0.0510 e. The first-order valence-electron chi connectivity index (χ1n) is 4.05. The fourth-order valence-corrected chi connectivity index (χ4v) is 1.40. The van der Waals surface area contributed by atoms with Gasteiger partial charge < -0.3 is 10.5 Å². The first-order valence-corrected chi connectivity index (χ1v) is 4.05. The van der Waals surface area contributed by atoms with Crippen molar-refractivity contribution >= 4 is 0 Å². The molecule has 0 amide bonds. The van der Waals surface area contributed by atoms with Gasteiger partial charge in [-0.1, -0.05) is 13.8 Å². The van der Waals surface area contributed by atoms with Gasteiger partial charge in [0.15, 0.2) is 0 Å². The van der Waals surface area contributed by atoms with Crippen molar-refractivity contribution in [1.82, 2.24) is 0 Å². The van der Waals surface area contributed by atoms with Crippen molar-refractivity contribution < 1.29 is 4.74 Å². The maximum atomic E-state index is 5.94. The van der Waals surface area contributed by atoms with Crippen molar-refractivity contribution in [3.8, 4) is 0 Å². The standard InChI is InChI=1S/C8H17NO/c1-6(2)8(9)7-3-4-10-5-7/h6-8H,3-5,9H2,1-2H3/t7-,8+/m1/s1. The average Bonchev–Trinajstić information content (AvgIpc) is 2.36. The Morgan fingerprint density at radius 2 is 2.20 bits per heavy atom. The van der Waals surface area contributed by atoms with Crippen molar-refractivity contribution in [2.24, 2.45) is 17.6 Å². The minimum atomic E-state index is 0.336. The van der Waals surface area contributed by atoms with Gasteiger partial charge in [0.05, 0.1) is 6.61 Å². The lowest BCUT2D eigenvalue weighted by Gasteiger charge is -2.20. The van der Waals surface area contributed by atoms with Crippen LogP contribution in [0.15, 0.2) is 0 Å². The highest BCUT2D eigenvalue weighted by Gasteiger charge is 2.24. The zero-order valence-corrected chi connectivity index (χ0v) is 6.84. The molecule has 1 heterocycles. The summed E-state index contributed by atoms with van der Waals surface area (Å²) in [6, 6.07) is 0.336. The van der Waals surface area contributed by atoms with E-state index in [1.54, 1.807) is 0 Å². The van der Waals surface area contributed by atoms with Crippen LogP contribution in [0.3, 0.4) is 0 Å². The molecular weight excluding hydrogens is 126 g/mol. The monoisotopic (exact) mass is 143 g/mol. The molecule has 1 rings (SSSR count). The topological polar surface area (TPSA) is 35.2 Å². The zero-order chi connectivity index (χ0) is 7.56. The SMILES string of the molecule is CC(C)[C@H](N)[C@@H]1CCOC1. The third-order valence-corrected chi connectivity index (χ3v) is 2.28. The second-order valence-electron chi connectivity index (χ2n) is 3.45. The van der Waals surface area contributed by atoms with Crippen LogP contribution in [0, 0.1) is 11.8 Å². The van der Waals surface area contributed by atoms with Gasteiger partial charge in [-0.05, 0) is 18.3 Å². The molecule has 0 aromatic rings. The molecule has 0 saturated carbocycles. The molecule has 1 aliphatic rings. The highest BCUT2D eigenvalue weighted by molar-refractivity contribution is 4.78. The summed E-state index contributed by atoms with van der Waals surface area (Å²) >= 11 is 0. The molecule has 0 aromatic carbocycles. The maximum absolute atomic E-state index is 5.94. The van der Waals surface area contributed by atoms with Crippen LogP contribution in [0.5, 0.6) is 0 Å². The third kappa shape index (κ3) is 1.70. The average molecular weight is 143 g/mol. The summed E-state index contributed by atoms with van der Waals surface area (Å²) in [5, 5.41) is 0. The van der Waals surface area contributed by atoms with Crippen molar-refractivity contribution in [2.45, 2.75) is 26.3 Å². The first-order chi connectivity index (χ1) is 4.72. The van der Waals surface area contributed by atoms with Crippen molar-refractivity contribution in [3.05, 3.63) is 0 Å². The molecule has 10 heavy (non-hydrogen) atoms. The first kappa shape index (κ1) is 8.02. The number of ether oxygens (including phenoxy) is 1. The Hall–Kier alpha value is -0.0800. The lowest BCUT2D eigenvalue weighted by atomic mass is 9.91. The Morgan fingerprint density at radius 1 is 1.50 bits per heavy atom. The van der Waals surface area contributed by atoms with Gasteiger partial charge in [0, 0.05) is 12.6 Å². The molecule has 0 bridgehead atoms. The molecule has 0 aromatic heterocycles. The minimum Gasteiger partial charge on any atom is -0.381 e. The molecule has 60 valence electrons. The fourth-order valence-electron chi connectivity index (χ4n) is 1.40. The molecule has 2 N–H and O–H groups in total. The number of rotatable bonds is 2. The summed E-state index contributed by atoms with van der Waals surface area (Å²) in [7, 11) is 0. The number of hydrogen-bond acceptors (Lipinski definition) is 2. The van der Waals surface area contributed by atoms with Crippen molar-refractivity contribution in [2.75, 3.05) is 13.2 Å². The van der Waals surface area contributed by atoms with Crippen LogP contribution in [0.1, 0.15) is 20.3 Å². The Labute approximate surface area is 62.7 Å². The fraction of sp³-hybridized carbons (Fsp3) is 1.00. The lowest BCUT2D eigenvalue weighted by molar-refractivity contribution is 0.175. The second-order valence-corrected chi connectivity index (χ2v) is 3.45. The summed E-state index contributed by atoms with van der Waals surface area (Å²) in [5.41, 5.74) is 5.94. The Bertz CT molecular complexity index is 97.4. The molecule has 1 saturated heterocycles. The molecule has 2 nitrogen and oxygen atoms in total. The summed E-state index contributed by atoms with van der Waals surface area (Å²) in [6.07, 6.45) is 1.15. The van der Waals surface area contributed by atoms with Gasteiger partial charge in [-0.3, -0.25) is 0 Å². The van der Waals surface area contributed by atoms with Crippen LogP contribution >= 0.6 is 0 Å². The van der Waals surface area contributed by atoms with Gasteiger partial charge in [0.25, 0.3) is 0 Å². The van der Waals surface area contributed by atoms with E-state index >= 15 is 0 Å². The Kier molecular flexibility index (Phi) is 2.69. The highest BCUT2D eigenvalue weighted by Crippen LogP contribution is 2.19. The third-order valence-electron chi connectivity index (χ3n) is 2.28. The normalized spacial score (nSPS) is 29.4. The second kappa shape index (κ2) is 3.35. The van der Waals surface area contributed by atoms with E-state index in [0.29, 0.717) is 17.9 Å². The van der Waals surface area contributed by atoms with Crippen molar-refractivity contribution in [3.63, 3.8) is 0 Å². The van der Waals surface area contributed by atoms with Crippen LogP contribution in [-0.4, -0.2) is 19.3 Å². The van der Waals surface area contributed by atoms with Gasteiger partial charge in [-0.2, -0.15) is 0 Å². The van der Waals surface area contributed by atoms with Crippen LogP contribution in [-0.2, 0) is 4.74 Å².